The summed E-state index contributed by atoms with van der Waals surface area (Å²) in [6.45, 7) is 4.10. The van der Waals surface area contributed by atoms with Gasteiger partial charge in [-0.1, -0.05) is 55.3 Å². The monoisotopic (exact) mass is 366 g/mol. The van der Waals surface area contributed by atoms with Crippen molar-refractivity contribution in [2.75, 3.05) is 0 Å². The van der Waals surface area contributed by atoms with Crippen LogP contribution in [0.1, 0.15) is 50.3 Å². The molecular formula is C18H23ClN2O2S. The van der Waals surface area contributed by atoms with Crippen molar-refractivity contribution in [2.45, 2.75) is 56.9 Å². The van der Waals surface area contributed by atoms with Gasteiger partial charge in [-0.2, -0.15) is 0 Å². The van der Waals surface area contributed by atoms with Crippen molar-refractivity contribution >= 4 is 34.6 Å². The highest BCUT2D eigenvalue weighted by Gasteiger charge is 2.43. The first-order chi connectivity index (χ1) is 11.5. The van der Waals surface area contributed by atoms with E-state index in [4.69, 9.17) is 11.6 Å². The summed E-state index contributed by atoms with van der Waals surface area (Å²) < 4.78 is 0. The fourth-order valence-electron chi connectivity index (χ4n) is 3.59. The second kappa shape index (κ2) is 7.36. The van der Waals surface area contributed by atoms with Gasteiger partial charge in [0.05, 0.1) is 11.3 Å². The molecule has 0 aromatic heterocycles. The topological polar surface area (TPSA) is 49.4 Å². The van der Waals surface area contributed by atoms with Crippen LogP contribution in [0.4, 0.5) is 9.59 Å². The number of nitrogens with zero attached hydrogens (tertiary/aromatic N) is 1. The molecule has 1 aliphatic heterocycles. The highest BCUT2D eigenvalue weighted by Crippen LogP contribution is 2.43. The molecule has 0 bridgehead atoms. The predicted octanol–water partition coefficient (Wildman–Crippen LogP) is 5.23. The third-order valence-corrected chi connectivity index (χ3v) is 6.68. The quantitative estimate of drug-likeness (QED) is 0.779. The lowest BCUT2D eigenvalue weighted by molar-refractivity contribution is 0.178. The number of nitrogens with one attached hydrogen (secondary N) is 1. The predicted molar refractivity (Wildman–Crippen MR) is 98.4 cm³/mol. The maximum Gasteiger partial charge on any atom is 0.325 e. The first-order valence-corrected chi connectivity index (χ1v) is 9.79. The van der Waals surface area contributed by atoms with Crippen LogP contribution in [-0.2, 0) is 0 Å². The zero-order valence-electron chi connectivity index (χ0n) is 14.0. The summed E-state index contributed by atoms with van der Waals surface area (Å²) in [7, 11) is 0. The molecule has 2 fully saturated rings. The van der Waals surface area contributed by atoms with Crippen molar-refractivity contribution in [2.24, 2.45) is 5.92 Å². The second-order valence-electron chi connectivity index (χ2n) is 6.78. The summed E-state index contributed by atoms with van der Waals surface area (Å²) in [4.78, 5) is 26.5. The van der Waals surface area contributed by atoms with Crippen molar-refractivity contribution in [3.8, 4) is 0 Å². The van der Waals surface area contributed by atoms with Gasteiger partial charge in [-0.25, -0.2) is 4.79 Å². The van der Waals surface area contributed by atoms with E-state index in [2.05, 4.69) is 12.2 Å². The van der Waals surface area contributed by atoms with Gasteiger partial charge >= 0.3 is 6.03 Å². The van der Waals surface area contributed by atoms with E-state index in [1.807, 2.05) is 31.2 Å². The largest absolute Gasteiger partial charge is 0.335 e. The molecule has 1 aromatic rings. The highest BCUT2D eigenvalue weighted by molar-refractivity contribution is 8.14. The minimum absolute atomic E-state index is 0.0516. The molecule has 3 amide bonds. The summed E-state index contributed by atoms with van der Waals surface area (Å²) in [5.74, 6) is 0.468. The third-order valence-electron chi connectivity index (χ3n) is 5.11. The van der Waals surface area contributed by atoms with Gasteiger partial charge in [0.15, 0.2) is 0 Å². The van der Waals surface area contributed by atoms with Crippen LogP contribution in [0.15, 0.2) is 24.3 Å². The van der Waals surface area contributed by atoms with Crippen LogP contribution >= 0.6 is 23.4 Å². The summed E-state index contributed by atoms with van der Waals surface area (Å²) in [6, 6.07) is 7.23. The van der Waals surface area contributed by atoms with Gasteiger partial charge in [-0.05, 0) is 43.4 Å². The molecule has 0 radical (unpaired) electrons. The Bertz CT molecular complexity index is 622. The lowest BCUT2D eigenvalue weighted by atomic mass is 9.86. The molecular weight excluding hydrogens is 344 g/mol. The van der Waals surface area contributed by atoms with Crippen LogP contribution in [0.3, 0.4) is 0 Å². The molecule has 130 valence electrons. The molecule has 2 unspecified atom stereocenters. The molecule has 4 nitrogen and oxygen atoms in total. The molecule has 3 rings (SSSR count). The fourth-order valence-corrected chi connectivity index (χ4v) is 4.91. The zero-order chi connectivity index (χ0) is 17.3. The number of carbonyl (C=O) groups is 2. The van der Waals surface area contributed by atoms with Crippen LogP contribution in [0.5, 0.6) is 0 Å². The van der Waals surface area contributed by atoms with Crippen LogP contribution in [0, 0.1) is 5.92 Å². The molecule has 4 atom stereocenters. The number of imide groups is 1. The van der Waals surface area contributed by atoms with Crippen LogP contribution in [0.2, 0.25) is 5.02 Å². The Morgan fingerprint density at radius 2 is 1.88 bits per heavy atom. The normalized spacial score (nSPS) is 30.5. The minimum Gasteiger partial charge on any atom is -0.335 e. The molecule has 1 N–H and O–H groups in total. The van der Waals surface area contributed by atoms with Crippen molar-refractivity contribution in [3.63, 3.8) is 0 Å². The number of benzene rings is 1. The number of thioether (sulfide) groups is 1. The molecule has 1 aromatic carbocycles. The van der Waals surface area contributed by atoms with Crippen LogP contribution in [0.25, 0.3) is 0 Å². The Balaban J connectivity index is 1.70. The fraction of sp³-hybridized carbons (Fsp3) is 0.556. The Morgan fingerprint density at radius 3 is 2.54 bits per heavy atom. The molecule has 1 heterocycles. The summed E-state index contributed by atoms with van der Waals surface area (Å²) in [5, 5.41) is 3.52. The molecule has 2 aliphatic rings. The van der Waals surface area contributed by atoms with Crippen molar-refractivity contribution < 1.29 is 9.59 Å². The van der Waals surface area contributed by atoms with Crippen molar-refractivity contribution in [3.05, 3.63) is 34.9 Å². The smallest absolute Gasteiger partial charge is 0.325 e. The Hall–Kier alpha value is -1.20. The molecule has 24 heavy (non-hydrogen) atoms. The van der Waals surface area contributed by atoms with E-state index in [9.17, 15) is 9.59 Å². The number of amides is 3. The SMILES string of the molecule is CC1CCCCC1NC(=O)N1C(=O)S[C@@H](c2ccc(Cl)cc2)[C@@H]1C. The molecule has 6 heteroatoms. The number of hydrogen-bond acceptors (Lipinski definition) is 3. The number of hydrogen-bond donors (Lipinski definition) is 1. The number of carbonyl (C=O) groups excluding carboxylic acids is 2. The van der Waals surface area contributed by atoms with Gasteiger partial charge in [-0.3, -0.25) is 9.69 Å². The second-order valence-corrected chi connectivity index (χ2v) is 8.31. The van der Waals surface area contributed by atoms with Gasteiger partial charge in [0.1, 0.15) is 0 Å². The highest BCUT2D eigenvalue weighted by atomic mass is 35.5. The van der Waals surface area contributed by atoms with Gasteiger partial charge in [-0.15, -0.1) is 0 Å². The molecule has 1 saturated heterocycles. The summed E-state index contributed by atoms with van der Waals surface area (Å²) in [6.07, 6.45) is 4.50. The van der Waals surface area contributed by atoms with E-state index in [1.54, 1.807) is 0 Å². The van der Waals surface area contributed by atoms with E-state index >= 15 is 0 Å². The van der Waals surface area contributed by atoms with E-state index in [1.165, 1.54) is 23.1 Å². The Labute approximate surface area is 152 Å². The third kappa shape index (κ3) is 3.57. The lowest BCUT2D eigenvalue weighted by Crippen LogP contribution is -2.50. The Morgan fingerprint density at radius 1 is 1.21 bits per heavy atom. The summed E-state index contributed by atoms with van der Waals surface area (Å²) in [5.41, 5.74) is 1.02. The lowest BCUT2D eigenvalue weighted by Gasteiger charge is -2.31. The molecule has 0 spiro atoms. The average molecular weight is 367 g/mol. The van der Waals surface area contributed by atoms with Crippen molar-refractivity contribution in [1.82, 2.24) is 10.2 Å². The van der Waals surface area contributed by atoms with E-state index < -0.39 is 0 Å². The standard InChI is InChI=1S/C18H23ClN2O2S/c1-11-5-3-4-6-15(11)20-17(22)21-12(2)16(24-18(21)23)13-7-9-14(19)10-8-13/h7-12,15-16H,3-6H2,1-2H3,(H,20,22)/t11?,12-,15?,16+/m0/s1. The number of rotatable bonds is 2. The average Bonchev–Trinajstić information content (AvgIpc) is 2.85. The number of halogens is 1. The molecule has 1 aliphatic carbocycles. The van der Waals surface area contributed by atoms with Gasteiger partial charge in [0.2, 0.25) is 0 Å². The van der Waals surface area contributed by atoms with E-state index in [0.29, 0.717) is 10.9 Å². The van der Waals surface area contributed by atoms with Gasteiger partial charge in [0, 0.05) is 11.1 Å². The van der Waals surface area contributed by atoms with Crippen LogP contribution in [-0.4, -0.2) is 28.3 Å². The van der Waals surface area contributed by atoms with Crippen molar-refractivity contribution in [1.29, 1.82) is 0 Å². The number of urea groups is 1. The first-order valence-electron chi connectivity index (χ1n) is 8.53. The molecule has 1 saturated carbocycles. The van der Waals surface area contributed by atoms with Gasteiger partial charge in [0.25, 0.3) is 5.24 Å². The minimum atomic E-state index is -0.254. The Kier molecular flexibility index (Phi) is 5.40. The van der Waals surface area contributed by atoms with E-state index in [0.717, 1.165) is 24.8 Å². The zero-order valence-corrected chi connectivity index (χ0v) is 15.6. The van der Waals surface area contributed by atoms with Crippen LogP contribution < -0.4 is 5.32 Å². The maximum atomic E-state index is 12.7. The van der Waals surface area contributed by atoms with Gasteiger partial charge < -0.3 is 5.32 Å². The first kappa shape index (κ1) is 17.6. The summed E-state index contributed by atoms with van der Waals surface area (Å²) >= 11 is 7.15. The van der Waals surface area contributed by atoms with E-state index in [-0.39, 0.29) is 28.6 Å². The maximum absolute atomic E-state index is 12.7.